The van der Waals surface area contributed by atoms with Crippen LogP contribution in [-0.4, -0.2) is 40.4 Å². The number of carbonyl (C=O) groups excluding carboxylic acids is 1. The van der Waals surface area contributed by atoms with Crippen LogP contribution in [0.2, 0.25) is 0 Å². The first-order valence-electron chi connectivity index (χ1n) is 11.6. The summed E-state index contributed by atoms with van der Waals surface area (Å²) >= 11 is 0. The molecular weight excluding hydrogens is 419 g/mol. The van der Waals surface area contributed by atoms with E-state index < -0.39 is 5.82 Å². The number of ether oxygens (including phenoxy) is 1. The third-order valence-electron chi connectivity index (χ3n) is 6.24. The van der Waals surface area contributed by atoms with Crippen molar-refractivity contribution in [3.8, 4) is 11.6 Å². The number of rotatable bonds is 5. The lowest BCUT2D eigenvalue weighted by molar-refractivity contribution is -0.131. The van der Waals surface area contributed by atoms with Gasteiger partial charge in [0.05, 0.1) is 24.2 Å². The topological polar surface area (TPSA) is 58.6 Å². The van der Waals surface area contributed by atoms with Gasteiger partial charge in [0.2, 0.25) is 17.7 Å². The molecule has 0 radical (unpaired) electrons. The first-order chi connectivity index (χ1) is 16.2. The Labute approximate surface area is 193 Å². The van der Waals surface area contributed by atoms with E-state index in [1.54, 1.807) is 18.2 Å². The van der Waals surface area contributed by atoms with Gasteiger partial charge in [0.25, 0.3) is 0 Å². The fourth-order valence-corrected chi connectivity index (χ4v) is 4.42. The number of aromatic nitrogens is 2. The Bertz CT molecular complexity index is 1130. The molecule has 1 aromatic heterocycles. The number of hydrogen-bond donors (Lipinski definition) is 0. The van der Waals surface area contributed by atoms with Gasteiger partial charge in [-0.2, -0.15) is 4.98 Å². The van der Waals surface area contributed by atoms with E-state index in [1.807, 2.05) is 35.2 Å². The highest BCUT2D eigenvalue weighted by molar-refractivity contribution is 5.79. The van der Waals surface area contributed by atoms with E-state index in [1.165, 1.54) is 12.5 Å². The fraction of sp³-hybridized carbons (Fsp3) is 0.346. The van der Waals surface area contributed by atoms with Crippen LogP contribution in [0.3, 0.4) is 0 Å². The number of para-hydroxylation sites is 1. The first-order valence-corrected chi connectivity index (χ1v) is 11.6. The SMILES string of the molecule is O=C(Cc1ccccc1)N1CCc2nc(N3CCCCC3)nc(Oc3ccccc3F)c2C1. The number of fused-ring (bicyclic) bond motifs is 1. The van der Waals surface area contributed by atoms with Gasteiger partial charge in [0, 0.05) is 26.1 Å². The summed E-state index contributed by atoms with van der Waals surface area (Å²) in [6.45, 7) is 2.75. The number of amides is 1. The number of anilines is 1. The summed E-state index contributed by atoms with van der Waals surface area (Å²) in [5.74, 6) is 0.684. The largest absolute Gasteiger partial charge is 0.435 e. The summed E-state index contributed by atoms with van der Waals surface area (Å²) < 4.78 is 20.4. The molecule has 1 amide bonds. The van der Waals surface area contributed by atoms with E-state index in [-0.39, 0.29) is 11.7 Å². The van der Waals surface area contributed by atoms with Crippen LogP contribution in [0.1, 0.15) is 36.1 Å². The van der Waals surface area contributed by atoms with E-state index in [0.29, 0.717) is 37.8 Å². The fourth-order valence-electron chi connectivity index (χ4n) is 4.42. The molecule has 0 N–H and O–H groups in total. The average Bonchev–Trinajstić information content (AvgIpc) is 2.86. The van der Waals surface area contributed by atoms with Crippen LogP contribution in [0.4, 0.5) is 10.3 Å². The van der Waals surface area contributed by atoms with Gasteiger partial charge in [-0.15, -0.1) is 0 Å². The number of piperidine rings is 1. The third kappa shape index (κ3) is 4.82. The molecule has 3 heterocycles. The summed E-state index contributed by atoms with van der Waals surface area (Å²) in [4.78, 5) is 26.5. The van der Waals surface area contributed by atoms with Gasteiger partial charge in [-0.3, -0.25) is 4.79 Å². The molecular formula is C26H27FN4O2. The van der Waals surface area contributed by atoms with E-state index in [0.717, 1.165) is 42.8 Å². The number of nitrogens with zero attached hydrogens (tertiary/aromatic N) is 4. The molecule has 0 unspecified atom stereocenters. The Kier molecular flexibility index (Phi) is 6.19. The molecule has 1 saturated heterocycles. The Hall–Kier alpha value is -3.48. The van der Waals surface area contributed by atoms with Gasteiger partial charge in [-0.25, -0.2) is 9.37 Å². The minimum absolute atomic E-state index is 0.0452. The van der Waals surface area contributed by atoms with E-state index >= 15 is 0 Å². The molecule has 3 aromatic rings. The van der Waals surface area contributed by atoms with Gasteiger partial charge < -0.3 is 14.5 Å². The number of benzene rings is 2. The second-order valence-electron chi connectivity index (χ2n) is 8.56. The molecule has 7 heteroatoms. The minimum Gasteiger partial charge on any atom is -0.435 e. The zero-order valence-electron chi connectivity index (χ0n) is 18.5. The van der Waals surface area contributed by atoms with E-state index in [2.05, 4.69) is 4.90 Å². The molecule has 5 rings (SSSR count). The molecule has 1 fully saturated rings. The van der Waals surface area contributed by atoms with Crippen LogP contribution < -0.4 is 9.64 Å². The van der Waals surface area contributed by atoms with Gasteiger partial charge in [0.1, 0.15) is 0 Å². The molecule has 2 aromatic carbocycles. The van der Waals surface area contributed by atoms with E-state index in [4.69, 9.17) is 14.7 Å². The Balaban J connectivity index is 1.45. The molecule has 0 aliphatic carbocycles. The second kappa shape index (κ2) is 9.57. The summed E-state index contributed by atoms with van der Waals surface area (Å²) in [5, 5.41) is 0. The summed E-state index contributed by atoms with van der Waals surface area (Å²) in [6.07, 6.45) is 4.37. The lowest BCUT2D eigenvalue weighted by Gasteiger charge is -2.32. The monoisotopic (exact) mass is 446 g/mol. The average molecular weight is 447 g/mol. The smallest absolute Gasteiger partial charge is 0.229 e. The summed E-state index contributed by atoms with van der Waals surface area (Å²) in [6, 6.07) is 16.0. The summed E-state index contributed by atoms with van der Waals surface area (Å²) in [5.41, 5.74) is 2.61. The number of halogens is 1. The maximum atomic E-state index is 14.4. The van der Waals surface area contributed by atoms with Crippen molar-refractivity contribution in [2.75, 3.05) is 24.5 Å². The van der Waals surface area contributed by atoms with Gasteiger partial charge in [-0.1, -0.05) is 42.5 Å². The normalized spacial score (nSPS) is 15.8. The first kappa shape index (κ1) is 21.4. The van der Waals surface area contributed by atoms with Crippen LogP contribution in [0.15, 0.2) is 54.6 Å². The zero-order chi connectivity index (χ0) is 22.6. The predicted octanol–water partition coefficient (Wildman–Crippen LogP) is 4.53. The number of carbonyl (C=O) groups is 1. The van der Waals surface area contributed by atoms with Crippen molar-refractivity contribution in [2.24, 2.45) is 0 Å². The highest BCUT2D eigenvalue weighted by Gasteiger charge is 2.28. The second-order valence-corrected chi connectivity index (χ2v) is 8.56. The van der Waals surface area contributed by atoms with Crippen molar-refractivity contribution in [1.82, 2.24) is 14.9 Å². The van der Waals surface area contributed by atoms with Crippen LogP contribution in [-0.2, 0) is 24.2 Å². The van der Waals surface area contributed by atoms with Crippen molar-refractivity contribution in [1.29, 1.82) is 0 Å². The molecule has 33 heavy (non-hydrogen) atoms. The van der Waals surface area contributed by atoms with Gasteiger partial charge >= 0.3 is 0 Å². The standard InChI is InChI=1S/C26H27FN4O2/c27-21-11-5-6-12-23(21)33-25-20-18-31(24(32)17-19-9-3-1-4-10-19)16-13-22(20)28-26(29-25)30-14-7-2-8-15-30/h1,3-6,9-12H,2,7-8,13-18H2. The predicted molar refractivity (Wildman–Crippen MR) is 124 cm³/mol. The maximum absolute atomic E-state index is 14.4. The van der Waals surface area contributed by atoms with Gasteiger partial charge in [0.15, 0.2) is 11.6 Å². The molecule has 0 atom stereocenters. The Morgan fingerprint density at radius 1 is 0.939 bits per heavy atom. The molecule has 0 saturated carbocycles. The molecule has 170 valence electrons. The highest BCUT2D eigenvalue weighted by atomic mass is 19.1. The zero-order valence-corrected chi connectivity index (χ0v) is 18.5. The molecule has 2 aliphatic heterocycles. The highest BCUT2D eigenvalue weighted by Crippen LogP contribution is 2.33. The van der Waals surface area contributed by atoms with Crippen molar-refractivity contribution in [3.05, 3.63) is 77.2 Å². The Morgan fingerprint density at radius 3 is 2.48 bits per heavy atom. The van der Waals surface area contributed by atoms with Crippen molar-refractivity contribution in [2.45, 2.75) is 38.6 Å². The quantitative estimate of drug-likeness (QED) is 0.577. The van der Waals surface area contributed by atoms with Crippen molar-refractivity contribution in [3.63, 3.8) is 0 Å². The van der Waals surface area contributed by atoms with Crippen LogP contribution in [0.5, 0.6) is 11.6 Å². The molecule has 0 bridgehead atoms. The maximum Gasteiger partial charge on any atom is 0.229 e. The van der Waals surface area contributed by atoms with Gasteiger partial charge in [-0.05, 0) is 37.0 Å². The molecule has 0 spiro atoms. The minimum atomic E-state index is -0.447. The Morgan fingerprint density at radius 2 is 1.70 bits per heavy atom. The lowest BCUT2D eigenvalue weighted by Crippen LogP contribution is -2.38. The third-order valence-corrected chi connectivity index (χ3v) is 6.24. The van der Waals surface area contributed by atoms with Crippen LogP contribution in [0, 0.1) is 5.82 Å². The van der Waals surface area contributed by atoms with E-state index in [9.17, 15) is 9.18 Å². The van der Waals surface area contributed by atoms with Crippen LogP contribution in [0.25, 0.3) is 0 Å². The summed E-state index contributed by atoms with van der Waals surface area (Å²) in [7, 11) is 0. The lowest BCUT2D eigenvalue weighted by atomic mass is 10.0. The van der Waals surface area contributed by atoms with Crippen molar-refractivity contribution < 1.29 is 13.9 Å². The molecule has 2 aliphatic rings. The van der Waals surface area contributed by atoms with Crippen molar-refractivity contribution >= 4 is 11.9 Å². The molecule has 6 nitrogen and oxygen atoms in total. The van der Waals surface area contributed by atoms with Crippen LogP contribution >= 0.6 is 0 Å². The number of hydrogen-bond acceptors (Lipinski definition) is 5.